The van der Waals surface area contributed by atoms with Crippen LogP contribution in [0.25, 0.3) is 0 Å². The third-order valence-corrected chi connectivity index (χ3v) is 4.70. The highest BCUT2D eigenvalue weighted by Gasteiger charge is 2.20. The van der Waals surface area contributed by atoms with Crippen LogP contribution in [0.2, 0.25) is 5.02 Å². The van der Waals surface area contributed by atoms with Crippen LogP contribution in [-0.2, 0) is 9.53 Å². The lowest BCUT2D eigenvalue weighted by Crippen LogP contribution is -2.50. The predicted molar refractivity (Wildman–Crippen MR) is 92.1 cm³/mol. The number of nitrogens with one attached hydrogen (secondary N) is 1. The van der Waals surface area contributed by atoms with Gasteiger partial charge in [0.2, 0.25) is 5.91 Å². The minimum Gasteiger partial charge on any atom is -0.376 e. The number of ether oxygens (including phenoxy) is 1. The van der Waals surface area contributed by atoms with Crippen molar-refractivity contribution in [3.8, 4) is 0 Å². The molecular weight excluding hydrogens is 314 g/mol. The minimum atomic E-state index is 0.0942. The van der Waals surface area contributed by atoms with Crippen LogP contribution < -0.4 is 10.2 Å². The van der Waals surface area contributed by atoms with Crippen molar-refractivity contribution in [1.82, 2.24) is 10.2 Å². The fourth-order valence-electron chi connectivity index (χ4n) is 3.13. The fourth-order valence-corrected chi connectivity index (χ4v) is 3.31. The molecule has 0 radical (unpaired) electrons. The number of anilines is 1. The average molecular weight is 338 g/mol. The van der Waals surface area contributed by atoms with Crippen LogP contribution in [0, 0.1) is 0 Å². The number of hydrogen-bond acceptors (Lipinski definition) is 4. The van der Waals surface area contributed by atoms with Gasteiger partial charge in [-0.3, -0.25) is 9.69 Å². The lowest BCUT2D eigenvalue weighted by molar-refractivity contribution is -0.122. The van der Waals surface area contributed by atoms with Gasteiger partial charge in [-0.05, 0) is 31.0 Å². The van der Waals surface area contributed by atoms with Gasteiger partial charge >= 0.3 is 0 Å². The van der Waals surface area contributed by atoms with Crippen molar-refractivity contribution >= 4 is 23.2 Å². The Balaban J connectivity index is 1.39. The van der Waals surface area contributed by atoms with E-state index in [2.05, 4.69) is 21.2 Å². The molecule has 2 heterocycles. The van der Waals surface area contributed by atoms with Gasteiger partial charge in [-0.15, -0.1) is 0 Å². The van der Waals surface area contributed by atoms with Gasteiger partial charge in [-0.25, -0.2) is 0 Å². The lowest BCUT2D eigenvalue weighted by Gasteiger charge is -2.35. The summed E-state index contributed by atoms with van der Waals surface area (Å²) in [4.78, 5) is 16.5. The Kier molecular flexibility index (Phi) is 5.75. The van der Waals surface area contributed by atoms with Crippen molar-refractivity contribution in [3.63, 3.8) is 0 Å². The van der Waals surface area contributed by atoms with Crippen LogP contribution in [0.5, 0.6) is 0 Å². The van der Waals surface area contributed by atoms with Crippen LogP contribution in [0.1, 0.15) is 12.8 Å². The SMILES string of the molecule is O=C(CN1CCN(c2cccc(Cl)c2)CC1)NC[C@H]1CCCO1. The van der Waals surface area contributed by atoms with Gasteiger partial charge in [0.25, 0.3) is 0 Å². The summed E-state index contributed by atoms with van der Waals surface area (Å²) in [7, 11) is 0. The molecule has 0 aliphatic carbocycles. The fraction of sp³-hybridized carbons (Fsp3) is 0.588. The smallest absolute Gasteiger partial charge is 0.234 e. The molecule has 1 aromatic carbocycles. The molecule has 0 bridgehead atoms. The van der Waals surface area contributed by atoms with Gasteiger partial charge in [0.05, 0.1) is 12.6 Å². The monoisotopic (exact) mass is 337 g/mol. The van der Waals surface area contributed by atoms with Crippen LogP contribution in [0.15, 0.2) is 24.3 Å². The van der Waals surface area contributed by atoms with Crippen molar-refractivity contribution in [2.24, 2.45) is 0 Å². The second-order valence-corrected chi connectivity index (χ2v) is 6.62. The summed E-state index contributed by atoms with van der Waals surface area (Å²) in [6, 6.07) is 7.93. The molecule has 6 heteroatoms. The summed E-state index contributed by atoms with van der Waals surface area (Å²) in [5, 5.41) is 3.75. The summed E-state index contributed by atoms with van der Waals surface area (Å²) >= 11 is 6.05. The van der Waals surface area contributed by atoms with Gasteiger partial charge in [0.1, 0.15) is 0 Å². The van der Waals surface area contributed by atoms with E-state index in [1.165, 1.54) is 0 Å². The molecule has 126 valence electrons. The van der Waals surface area contributed by atoms with E-state index in [1.54, 1.807) is 0 Å². The van der Waals surface area contributed by atoms with Gasteiger partial charge in [0.15, 0.2) is 0 Å². The van der Waals surface area contributed by atoms with E-state index in [1.807, 2.05) is 18.2 Å². The summed E-state index contributed by atoms with van der Waals surface area (Å²) in [6.07, 6.45) is 2.36. The van der Waals surface area contributed by atoms with E-state index >= 15 is 0 Å². The van der Waals surface area contributed by atoms with E-state index in [-0.39, 0.29) is 12.0 Å². The number of carbonyl (C=O) groups excluding carboxylic acids is 1. The first-order valence-corrected chi connectivity index (χ1v) is 8.70. The van der Waals surface area contributed by atoms with Crippen LogP contribution in [0.3, 0.4) is 0 Å². The van der Waals surface area contributed by atoms with Crippen molar-refractivity contribution in [3.05, 3.63) is 29.3 Å². The molecule has 1 amide bonds. The number of benzene rings is 1. The number of halogens is 1. The average Bonchev–Trinajstić information content (AvgIpc) is 3.07. The van der Waals surface area contributed by atoms with Crippen molar-refractivity contribution < 1.29 is 9.53 Å². The molecule has 0 aromatic heterocycles. The third kappa shape index (κ3) is 4.83. The number of nitrogens with zero attached hydrogens (tertiary/aromatic N) is 2. The van der Waals surface area contributed by atoms with Crippen LogP contribution in [-0.4, -0.2) is 62.8 Å². The van der Waals surface area contributed by atoms with E-state index in [0.717, 1.165) is 56.3 Å². The van der Waals surface area contributed by atoms with Crippen molar-refractivity contribution in [2.75, 3.05) is 50.8 Å². The zero-order chi connectivity index (χ0) is 16.1. The van der Waals surface area contributed by atoms with E-state index in [9.17, 15) is 4.79 Å². The maximum absolute atomic E-state index is 12.0. The topological polar surface area (TPSA) is 44.8 Å². The Morgan fingerprint density at radius 3 is 2.83 bits per heavy atom. The first-order valence-electron chi connectivity index (χ1n) is 8.32. The van der Waals surface area contributed by atoms with E-state index in [4.69, 9.17) is 16.3 Å². The third-order valence-electron chi connectivity index (χ3n) is 4.46. The molecule has 1 atom stereocenters. The molecule has 5 nitrogen and oxygen atoms in total. The standard InChI is InChI=1S/C17H24ClN3O2/c18-14-3-1-4-15(11-14)21-8-6-20(7-9-21)13-17(22)19-12-16-5-2-10-23-16/h1,3-4,11,16H,2,5-10,12-13H2,(H,19,22)/t16-/m1/s1. The predicted octanol–water partition coefficient (Wildman–Crippen LogP) is 1.76. The molecule has 2 saturated heterocycles. The molecule has 2 aliphatic rings. The Labute approximate surface area is 142 Å². The maximum atomic E-state index is 12.0. The number of amides is 1. The Morgan fingerprint density at radius 1 is 1.30 bits per heavy atom. The van der Waals surface area contributed by atoms with Crippen molar-refractivity contribution in [2.45, 2.75) is 18.9 Å². The van der Waals surface area contributed by atoms with Gasteiger partial charge in [0, 0.05) is 50.0 Å². The van der Waals surface area contributed by atoms with E-state index < -0.39 is 0 Å². The maximum Gasteiger partial charge on any atom is 0.234 e. The Hall–Kier alpha value is -1.30. The summed E-state index contributed by atoms with van der Waals surface area (Å²) in [5.41, 5.74) is 1.15. The first-order chi connectivity index (χ1) is 11.2. The number of carbonyl (C=O) groups is 1. The van der Waals surface area contributed by atoms with Crippen LogP contribution >= 0.6 is 11.6 Å². The minimum absolute atomic E-state index is 0.0942. The first kappa shape index (κ1) is 16.6. The quantitative estimate of drug-likeness (QED) is 0.889. The second kappa shape index (κ2) is 7.99. The molecule has 3 rings (SSSR count). The summed E-state index contributed by atoms with van der Waals surface area (Å²) in [5.74, 6) is 0.0942. The lowest BCUT2D eigenvalue weighted by atomic mass is 10.2. The highest BCUT2D eigenvalue weighted by molar-refractivity contribution is 6.30. The summed E-state index contributed by atoms with van der Waals surface area (Å²) < 4.78 is 5.52. The highest BCUT2D eigenvalue weighted by atomic mass is 35.5. The zero-order valence-corrected chi connectivity index (χ0v) is 14.1. The van der Waals surface area contributed by atoms with Gasteiger partial charge in [-0.1, -0.05) is 17.7 Å². The molecule has 0 unspecified atom stereocenters. The molecule has 1 N–H and O–H groups in total. The molecular formula is C17H24ClN3O2. The number of hydrogen-bond donors (Lipinski definition) is 1. The largest absolute Gasteiger partial charge is 0.376 e. The highest BCUT2D eigenvalue weighted by Crippen LogP contribution is 2.20. The number of piperazine rings is 1. The van der Waals surface area contributed by atoms with Gasteiger partial charge in [-0.2, -0.15) is 0 Å². The zero-order valence-electron chi connectivity index (χ0n) is 13.3. The van der Waals surface area contributed by atoms with E-state index in [0.29, 0.717) is 13.1 Å². The number of rotatable bonds is 5. The van der Waals surface area contributed by atoms with Gasteiger partial charge < -0.3 is 15.0 Å². The molecule has 2 fully saturated rings. The Morgan fingerprint density at radius 2 is 2.13 bits per heavy atom. The Bertz CT molecular complexity index is 526. The molecule has 2 aliphatic heterocycles. The molecule has 0 spiro atoms. The normalized spacial score (nSPS) is 22.3. The van der Waals surface area contributed by atoms with Crippen molar-refractivity contribution in [1.29, 1.82) is 0 Å². The summed E-state index contributed by atoms with van der Waals surface area (Å²) in [6.45, 7) is 5.54. The molecule has 23 heavy (non-hydrogen) atoms. The second-order valence-electron chi connectivity index (χ2n) is 6.18. The molecule has 1 aromatic rings. The van der Waals surface area contributed by atoms with Crippen LogP contribution in [0.4, 0.5) is 5.69 Å². The molecule has 0 saturated carbocycles.